The SMILES string of the molecule is CCC(=O)NCC(=O)O[C@@H](C(=O)c1ccccc1)c1ccc([N+](=O)[O-])cc1. The maximum Gasteiger partial charge on any atom is 0.326 e. The average molecular weight is 370 g/mol. The Bertz CT molecular complexity index is 833. The molecule has 0 spiro atoms. The van der Waals surface area contributed by atoms with Gasteiger partial charge in [0.05, 0.1) is 4.92 Å². The largest absolute Gasteiger partial charge is 0.448 e. The molecule has 2 aromatic carbocycles. The van der Waals surface area contributed by atoms with Crippen LogP contribution < -0.4 is 5.32 Å². The molecule has 0 aliphatic carbocycles. The van der Waals surface area contributed by atoms with E-state index in [0.717, 1.165) is 0 Å². The van der Waals surface area contributed by atoms with Gasteiger partial charge in [0.2, 0.25) is 11.7 Å². The predicted octanol–water partition coefficient (Wildman–Crippen LogP) is 2.59. The normalized spacial score (nSPS) is 11.3. The van der Waals surface area contributed by atoms with Crippen molar-refractivity contribution >= 4 is 23.3 Å². The highest BCUT2D eigenvalue weighted by atomic mass is 16.6. The van der Waals surface area contributed by atoms with Gasteiger partial charge in [-0.15, -0.1) is 0 Å². The summed E-state index contributed by atoms with van der Waals surface area (Å²) in [5.74, 6) is -1.59. The molecule has 0 fully saturated rings. The first-order valence-corrected chi connectivity index (χ1v) is 8.22. The first-order valence-electron chi connectivity index (χ1n) is 8.22. The number of nitro benzene ring substituents is 1. The minimum atomic E-state index is -1.28. The third-order valence-corrected chi connectivity index (χ3v) is 3.70. The number of carbonyl (C=O) groups excluding carboxylic acids is 3. The Kier molecular flexibility index (Phi) is 6.76. The van der Waals surface area contributed by atoms with Gasteiger partial charge in [0.15, 0.2) is 6.10 Å². The van der Waals surface area contributed by atoms with E-state index in [2.05, 4.69) is 5.32 Å². The van der Waals surface area contributed by atoms with Gasteiger partial charge in [0.25, 0.3) is 5.69 Å². The van der Waals surface area contributed by atoms with Gasteiger partial charge in [-0.05, 0) is 12.1 Å². The van der Waals surface area contributed by atoms with Gasteiger partial charge in [-0.3, -0.25) is 24.5 Å². The molecule has 0 saturated carbocycles. The van der Waals surface area contributed by atoms with Crippen molar-refractivity contribution in [2.45, 2.75) is 19.4 Å². The number of rotatable bonds is 8. The van der Waals surface area contributed by atoms with E-state index in [1.54, 1.807) is 37.3 Å². The average Bonchev–Trinajstić information content (AvgIpc) is 2.70. The fourth-order valence-corrected chi connectivity index (χ4v) is 2.27. The van der Waals surface area contributed by atoms with E-state index in [-0.39, 0.29) is 24.6 Å². The summed E-state index contributed by atoms with van der Waals surface area (Å²) in [6.45, 7) is 1.26. The van der Waals surface area contributed by atoms with Crippen LogP contribution in [0.4, 0.5) is 5.69 Å². The third kappa shape index (κ3) is 5.46. The Morgan fingerprint density at radius 1 is 1.07 bits per heavy atom. The minimum absolute atomic E-state index is 0.147. The number of non-ortho nitro benzene ring substituents is 1. The van der Waals surface area contributed by atoms with Gasteiger partial charge in [0, 0.05) is 29.7 Å². The standard InChI is InChI=1S/C19H18N2O6/c1-2-16(22)20-12-17(23)27-19(18(24)13-6-4-3-5-7-13)14-8-10-15(11-9-14)21(25)26/h3-11,19H,2,12H2,1H3,(H,20,22)/t19-/m1/s1. The molecule has 0 aliphatic heterocycles. The number of nitrogens with zero attached hydrogens (tertiary/aromatic N) is 1. The van der Waals surface area contributed by atoms with E-state index in [9.17, 15) is 24.5 Å². The number of amides is 1. The van der Waals surface area contributed by atoms with Gasteiger partial charge >= 0.3 is 5.97 Å². The summed E-state index contributed by atoms with van der Waals surface area (Å²) in [7, 11) is 0. The van der Waals surface area contributed by atoms with E-state index in [0.29, 0.717) is 11.1 Å². The zero-order valence-corrected chi connectivity index (χ0v) is 14.6. The van der Waals surface area contributed by atoms with Gasteiger partial charge in [-0.25, -0.2) is 0 Å². The van der Waals surface area contributed by atoms with E-state index < -0.39 is 22.8 Å². The van der Waals surface area contributed by atoms with Crippen LogP contribution in [0.5, 0.6) is 0 Å². The molecule has 0 aromatic heterocycles. The molecule has 2 aromatic rings. The van der Waals surface area contributed by atoms with Crippen LogP contribution in [0.1, 0.15) is 35.4 Å². The summed E-state index contributed by atoms with van der Waals surface area (Å²) < 4.78 is 5.27. The Morgan fingerprint density at radius 3 is 2.26 bits per heavy atom. The quantitative estimate of drug-likeness (QED) is 0.330. The number of ether oxygens (including phenoxy) is 1. The van der Waals surface area contributed by atoms with Crippen molar-refractivity contribution < 1.29 is 24.0 Å². The highest BCUT2D eigenvalue weighted by Gasteiger charge is 2.26. The number of nitro groups is 1. The number of ketones is 1. The zero-order valence-electron chi connectivity index (χ0n) is 14.6. The highest BCUT2D eigenvalue weighted by molar-refractivity contribution is 6.01. The second-order valence-corrected chi connectivity index (χ2v) is 5.58. The monoisotopic (exact) mass is 370 g/mol. The highest BCUT2D eigenvalue weighted by Crippen LogP contribution is 2.25. The topological polar surface area (TPSA) is 116 Å². The number of nitrogens with one attached hydrogen (secondary N) is 1. The maximum atomic E-state index is 12.8. The summed E-state index contributed by atoms with van der Waals surface area (Å²) in [5, 5.41) is 13.2. The summed E-state index contributed by atoms with van der Waals surface area (Å²) in [5.41, 5.74) is 0.474. The molecule has 0 bridgehead atoms. The Labute approximate surface area is 155 Å². The van der Waals surface area contributed by atoms with Crippen molar-refractivity contribution in [1.29, 1.82) is 0 Å². The molecule has 8 heteroatoms. The van der Waals surface area contributed by atoms with Crippen LogP contribution in [0, 0.1) is 10.1 Å². The molecule has 27 heavy (non-hydrogen) atoms. The molecule has 2 rings (SSSR count). The van der Waals surface area contributed by atoms with Crippen molar-refractivity contribution in [3.05, 3.63) is 75.8 Å². The van der Waals surface area contributed by atoms with Crippen LogP contribution in [-0.2, 0) is 14.3 Å². The lowest BCUT2D eigenvalue weighted by Gasteiger charge is -2.17. The third-order valence-electron chi connectivity index (χ3n) is 3.70. The second kappa shape index (κ2) is 9.23. The van der Waals surface area contributed by atoms with Crippen LogP contribution in [0.2, 0.25) is 0 Å². The van der Waals surface area contributed by atoms with E-state index in [1.165, 1.54) is 24.3 Å². The van der Waals surface area contributed by atoms with Crippen molar-refractivity contribution in [2.75, 3.05) is 6.54 Å². The zero-order chi connectivity index (χ0) is 19.8. The lowest BCUT2D eigenvalue weighted by Crippen LogP contribution is -2.32. The number of benzene rings is 2. The first-order chi connectivity index (χ1) is 12.9. The number of Topliss-reactive ketones (excluding diaryl/α,β-unsaturated/α-hetero) is 1. The minimum Gasteiger partial charge on any atom is -0.448 e. The Hall–Kier alpha value is -3.55. The lowest BCUT2D eigenvalue weighted by molar-refractivity contribution is -0.384. The predicted molar refractivity (Wildman–Crippen MR) is 96.0 cm³/mol. The number of carbonyl (C=O) groups is 3. The summed E-state index contributed by atoms with van der Waals surface area (Å²) in [4.78, 5) is 46.4. The van der Waals surface area contributed by atoms with Crippen LogP contribution in [-0.4, -0.2) is 29.1 Å². The fraction of sp³-hybridized carbons (Fsp3) is 0.211. The molecule has 0 unspecified atom stereocenters. The molecule has 140 valence electrons. The first kappa shape index (κ1) is 19.8. The smallest absolute Gasteiger partial charge is 0.326 e. The van der Waals surface area contributed by atoms with Crippen molar-refractivity contribution in [2.24, 2.45) is 0 Å². The van der Waals surface area contributed by atoms with E-state index in [4.69, 9.17) is 4.74 Å². The molecule has 0 aliphatic rings. The van der Waals surface area contributed by atoms with Crippen molar-refractivity contribution in [3.63, 3.8) is 0 Å². The molecule has 1 amide bonds. The van der Waals surface area contributed by atoms with E-state index >= 15 is 0 Å². The summed E-state index contributed by atoms with van der Waals surface area (Å²) in [6, 6.07) is 13.4. The van der Waals surface area contributed by atoms with Gasteiger partial charge < -0.3 is 10.1 Å². The molecular weight excluding hydrogens is 352 g/mol. The molecule has 1 N–H and O–H groups in total. The van der Waals surface area contributed by atoms with Crippen LogP contribution in [0.3, 0.4) is 0 Å². The fourth-order valence-electron chi connectivity index (χ4n) is 2.27. The summed E-state index contributed by atoms with van der Waals surface area (Å²) in [6.07, 6.45) is -1.07. The maximum absolute atomic E-state index is 12.8. The molecule has 0 saturated heterocycles. The molecule has 8 nitrogen and oxygen atoms in total. The lowest BCUT2D eigenvalue weighted by atomic mass is 9.99. The van der Waals surface area contributed by atoms with Crippen LogP contribution in [0.15, 0.2) is 54.6 Å². The van der Waals surface area contributed by atoms with Crippen LogP contribution >= 0.6 is 0 Å². The summed E-state index contributed by atoms with van der Waals surface area (Å²) >= 11 is 0. The molecule has 0 radical (unpaired) electrons. The van der Waals surface area contributed by atoms with Crippen molar-refractivity contribution in [1.82, 2.24) is 5.32 Å². The molecule has 0 heterocycles. The number of esters is 1. The second-order valence-electron chi connectivity index (χ2n) is 5.58. The van der Waals surface area contributed by atoms with Crippen LogP contribution in [0.25, 0.3) is 0 Å². The van der Waals surface area contributed by atoms with Gasteiger partial charge in [-0.1, -0.05) is 37.3 Å². The molecule has 1 atom stereocenters. The van der Waals surface area contributed by atoms with E-state index in [1.807, 2.05) is 0 Å². The molecular formula is C19H18N2O6. The van der Waals surface area contributed by atoms with Crippen molar-refractivity contribution in [3.8, 4) is 0 Å². The Balaban J connectivity index is 2.25. The Morgan fingerprint density at radius 2 is 1.70 bits per heavy atom. The number of hydrogen-bond acceptors (Lipinski definition) is 6. The van der Waals surface area contributed by atoms with Gasteiger partial charge in [0.1, 0.15) is 6.54 Å². The number of hydrogen-bond donors (Lipinski definition) is 1. The van der Waals surface area contributed by atoms with Gasteiger partial charge in [-0.2, -0.15) is 0 Å².